The first-order valence-corrected chi connectivity index (χ1v) is 19.2. The summed E-state index contributed by atoms with van der Waals surface area (Å²) < 4.78 is 8.49. The Balaban J connectivity index is 1.14. The molecule has 5 heterocycles. The SMILES string of the molecule is C[C@@H](c1ccc(Cl)cc1)n1cnc(-c2ccccc2)c1-c1c(C(=O)Nc2cccnc2CN2CCCC(OC[C@@H]3CCCN3)C2)[nH]c2cc(Cl)ccc12. The smallest absolute Gasteiger partial charge is 0.272 e. The molecule has 53 heavy (non-hydrogen) atoms. The first kappa shape index (κ1) is 35.5. The molecule has 3 aromatic heterocycles. The van der Waals surface area contributed by atoms with Crippen LogP contribution in [0.5, 0.6) is 0 Å². The van der Waals surface area contributed by atoms with Crippen molar-refractivity contribution in [2.24, 2.45) is 0 Å². The lowest BCUT2D eigenvalue weighted by Gasteiger charge is -2.33. The van der Waals surface area contributed by atoms with Crippen molar-refractivity contribution in [2.45, 2.75) is 57.3 Å². The zero-order valence-corrected chi connectivity index (χ0v) is 31.2. The maximum absolute atomic E-state index is 14.6. The molecular formula is C42H43Cl2N7O2. The summed E-state index contributed by atoms with van der Waals surface area (Å²) in [6.45, 7) is 6.35. The highest BCUT2D eigenvalue weighted by atomic mass is 35.5. The first-order valence-electron chi connectivity index (χ1n) is 18.4. The van der Waals surface area contributed by atoms with Gasteiger partial charge >= 0.3 is 0 Å². The summed E-state index contributed by atoms with van der Waals surface area (Å²) in [6, 6.07) is 27.7. The number of nitrogens with zero attached hydrogens (tertiary/aromatic N) is 4. The van der Waals surface area contributed by atoms with E-state index in [0.717, 1.165) is 83.8 Å². The standard InChI is InChI=1S/C42H43Cl2N7O2/c1-27(28-13-15-30(43)16-14-28)51-26-47-39(29-8-3-2-4-9-29)41(51)38-34-18-17-31(44)22-36(34)48-40(38)42(52)49-35-12-6-20-46-37(35)24-50-21-7-11-33(23-50)53-25-32-10-5-19-45-32/h2-4,6,8-9,12-18,20,22,26-27,32-33,45,48H,5,7,10-11,19,21,23-25H2,1H3,(H,49,52)/t27-,32-,33?/m0/s1. The number of amides is 1. The van der Waals surface area contributed by atoms with E-state index >= 15 is 0 Å². The topological polar surface area (TPSA) is 100 Å². The van der Waals surface area contributed by atoms with E-state index in [-0.39, 0.29) is 18.1 Å². The lowest BCUT2D eigenvalue weighted by Crippen LogP contribution is -2.41. The van der Waals surface area contributed by atoms with Crippen LogP contribution >= 0.6 is 23.2 Å². The average Bonchev–Trinajstić information content (AvgIpc) is 3.94. The number of carbonyl (C=O) groups excluding carboxylic acids is 1. The van der Waals surface area contributed by atoms with Gasteiger partial charge in [-0.05, 0) is 87.7 Å². The number of anilines is 1. The average molecular weight is 749 g/mol. The highest BCUT2D eigenvalue weighted by Crippen LogP contribution is 2.41. The van der Waals surface area contributed by atoms with E-state index in [0.29, 0.717) is 34.0 Å². The molecular weight excluding hydrogens is 705 g/mol. The second-order valence-corrected chi connectivity index (χ2v) is 15.0. The van der Waals surface area contributed by atoms with Gasteiger partial charge in [-0.15, -0.1) is 0 Å². The van der Waals surface area contributed by atoms with Crippen molar-refractivity contribution in [3.8, 4) is 22.5 Å². The highest BCUT2D eigenvalue weighted by Gasteiger charge is 2.29. The molecule has 8 rings (SSSR count). The number of fused-ring (bicyclic) bond motifs is 1. The van der Waals surface area contributed by atoms with Gasteiger partial charge in [-0.1, -0.05) is 71.7 Å². The van der Waals surface area contributed by atoms with Gasteiger partial charge in [0.05, 0.1) is 47.8 Å². The van der Waals surface area contributed by atoms with Crippen LogP contribution in [0, 0.1) is 0 Å². The van der Waals surface area contributed by atoms with Crippen LogP contribution in [0.3, 0.4) is 0 Å². The van der Waals surface area contributed by atoms with Gasteiger partial charge in [-0.2, -0.15) is 0 Å². The van der Waals surface area contributed by atoms with Crippen molar-refractivity contribution >= 4 is 45.7 Å². The Hall–Kier alpha value is -4.51. The lowest BCUT2D eigenvalue weighted by atomic mass is 9.99. The number of piperidine rings is 1. The van der Waals surface area contributed by atoms with Crippen molar-refractivity contribution in [3.63, 3.8) is 0 Å². The second-order valence-electron chi connectivity index (χ2n) is 14.1. The van der Waals surface area contributed by atoms with Gasteiger partial charge in [0, 0.05) is 57.4 Å². The van der Waals surface area contributed by atoms with E-state index in [4.69, 9.17) is 37.9 Å². The van der Waals surface area contributed by atoms with Crippen LogP contribution in [0.15, 0.2) is 97.5 Å². The number of nitrogens with one attached hydrogen (secondary N) is 3. The Morgan fingerprint density at radius 2 is 1.81 bits per heavy atom. The number of imidazole rings is 1. The number of carbonyl (C=O) groups is 1. The molecule has 2 fully saturated rings. The van der Waals surface area contributed by atoms with Crippen molar-refractivity contribution in [3.05, 3.63) is 124 Å². The summed E-state index contributed by atoms with van der Waals surface area (Å²) in [4.78, 5) is 30.2. The molecule has 2 saturated heterocycles. The molecule has 11 heteroatoms. The fraction of sp³-hybridized carbons (Fsp3) is 0.310. The molecule has 0 spiro atoms. The van der Waals surface area contributed by atoms with Crippen LogP contribution in [-0.4, -0.2) is 68.7 Å². The number of halogens is 2. The fourth-order valence-electron chi connectivity index (χ4n) is 7.72. The summed E-state index contributed by atoms with van der Waals surface area (Å²) in [7, 11) is 0. The number of likely N-dealkylation sites (tertiary alicyclic amines) is 1. The fourth-order valence-corrected chi connectivity index (χ4v) is 8.01. The van der Waals surface area contributed by atoms with Crippen molar-refractivity contribution < 1.29 is 9.53 Å². The van der Waals surface area contributed by atoms with Gasteiger partial charge in [0.25, 0.3) is 5.91 Å². The third-order valence-electron chi connectivity index (χ3n) is 10.5. The Labute approximate surface area is 319 Å². The maximum atomic E-state index is 14.6. The Kier molecular flexibility index (Phi) is 10.6. The zero-order valence-electron chi connectivity index (χ0n) is 29.7. The Bertz CT molecular complexity index is 2190. The predicted octanol–water partition coefficient (Wildman–Crippen LogP) is 8.99. The van der Waals surface area contributed by atoms with Crippen molar-refractivity contribution in [2.75, 3.05) is 31.6 Å². The van der Waals surface area contributed by atoms with Crippen LogP contribution in [0.1, 0.15) is 60.4 Å². The number of rotatable bonds is 11. The number of aromatic amines is 1. The molecule has 9 nitrogen and oxygen atoms in total. The van der Waals surface area contributed by atoms with Crippen LogP contribution in [0.4, 0.5) is 5.69 Å². The zero-order chi connectivity index (χ0) is 36.3. The number of aromatic nitrogens is 4. The minimum absolute atomic E-state index is 0.128. The normalized spacial score (nSPS) is 18.4. The van der Waals surface area contributed by atoms with Gasteiger partial charge in [0.2, 0.25) is 0 Å². The summed E-state index contributed by atoms with van der Waals surface area (Å²) in [6.07, 6.45) is 8.33. The molecule has 272 valence electrons. The third kappa shape index (κ3) is 7.77. The molecule has 1 unspecified atom stereocenters. The predicted molar refractivity (Wildman–Crippen MR) is 213 cm³/mol. The molecule has 0 radical (unpaired) electrons. The Morgan fingerprint density at radius 3 is 2.62 bits per heavy atom. The van der Waals surface area contributed by atoms with E-state index in [1.165, 1.54) is 12.8 Å². The molecule has 3 aromatic carbocycles. The molecule has 3 atom stereocenters. The molecule has 6 aromatic rings. The molecule has 0 bridgehead atoms. The van der Waals surface area contributed by atoms with E-state index in [1.807, 2.05) is 91.3 Å². The molecule has 1 amide bonds. The molecule has 0 aliphatic carbocycles. The molecule has 2 aliphatic rings. The second kappa shape index (κ2) is 15.8. The lowest BCUT2D eigenvalue weighted by molar-refractivity contribution is -0.0101. The van der Waals surface area contributed by atoms with Gasteiger partial charge in [-0.25, -0.2) is 4.98 Å². The number of H-pyrrole nitrogens is 1. The van der Waals surface area contributed by atoms with Crippen LogP contribution in [0.2, 0.25) is 10.0 Å². The maximum Gasteiger partial charge on any atom is 0.272 e. The van der Waals surface area contributed by atoms with Crippen LogP contribution < -0.4 is 10.6 Å². The minimum Gasteiger partial charge on any atom is -0.375 e. The monoisotopic (exact) mass is 747 g/mol. The van der Waals surface area contributed by atoms with E-state index in [1.54, 1.807) is 6.20 Å². The number of pyridine rings is 1. The summed E-state index contributed by atoms with van der Waals surface area (Å²) in [5.74, 6) is -0.281. The third-order valence-corrected chi connectivity index (χ3v) is 11.0. The number of hydrogen-bond donors (Lipinski definition) is 3. The van der Waals surface area contributed by atoms with Gasteiger partial charge in [0.1, 0.15) is 5.69 Å². The number of ether oxygens (including phenoxy) is 1. The van der Waals surface area contributed by atoms with E-state index in [9.17, 15) is 4.79 Å². The summed E-state index contributed by atoms with van der Waals surface area (Å²) in [5.41, 5.74) is 6.97. The van der Waals surface area contributed by atoms with Gasteiger partial charge < -0.3 is 24.9 Å². The highest BCUT2D eigenvalue weighted by molar-refractivity contribution is 6.31. The van der Waals surface area contributed by atoms with Crippen LogP contribution in [-0.2, 0) is 11.3 Å². The Morgan fingerprint density at radius 1 is 0.981 bits per heavy atom. The molecule has 0 saturated carbocycles. The van der Waals surface area contributed by atoms with Crippen LogP contribution in [0.25, 0.3) is 33.4 Å². The number of benzene rings is 3. The quantitative estimate of drug-likeness (QED) is 0.122. The van der Waals surface area contributed by atoms with Gasteiger partial charge in [-0.3, -0.25) is 14.7 Å². The summed E-state index contributed by atoms with van der Waals surface area (Å²) >= 11 is 12.8. The van der Waals surface area contributed by atoms with E-state index in [2.05, 4.69) is 32.0 Å². The summed E-state index contributed by atoms with van der Waals surface area (Å²) in [5, 5.41) is 8.87. The largest absolute Gasteiger partial charge is 0.375 e. The number of hydrogen-bond acceptors (Lipinski definition) is 6. The molecule has 2 aliphatic heterocycles. The minimum atomic E-state index is -0.281. The van der Waals surface area contributed by atoms with Crippen molar-refractivity contribution in [1.29, 1.82) is 0 Å². The molecule has 3 N–H and O–H groups in total. The first-order chi connectivity index (χ1) is 25.9. The van der Waals surface area contributed by atoms with Crippen molar-refractivity contribution in [1.82, 2.24) is 29.7 Å². The van der Waals surface area contributed by atoms with Gasteiger partial charge in [0.15, 0.2) is 0 Å². The van der Waals surface area contributed by atoms with E-state index < -0.39 is 0 Å².